The van der Waals surface area contributed by atoms with Crippen molar-refractivity contribution in [3.8, 4) is 0 Å². The first-order valence-corrected chi connectivity index (χ1v) is 4.44. The Bertz CT molecular complexity index is 469. The maximum atomic E-state index is 13.2. The van der Waals surface area contributed by atoms with Gasteiger partial charge in [0.15, 0.2) is 0 Å². The molecule has 1 aromatic heterocycles. The maximum absolute atomic E-state index is 13.2. The highest BCUT2D eigenvalue weighted by molar-refractivity contribution is 6.18. The Morgan fingerprint density at radius 3 is 3.07 bits per heavy atom. The van der Waals surface area contributed by atoms with Gasteiger partial charge in [0.1, 0.15) is 11.6 Å². The molecular weight excluding hydrogens is 199 g/mol. The van der Waals surface area contributed by atoms with Crippen LogP contribution in [0.4, 0.5) is 10.2 Å². The Kier molecular flexibility index (Phi) is 2.15. The van der Waals surface area contributed by atoms with Crippen molar-refractivity contribution in [1.82, 2.24) is 4.98 Å². The van der Waals surface area contributed by atoms with Gasteiger partial charge in [-0.05, 0) is 12.5 Å². The third kappa shape index (κ3) is 1.45. The van der Waals surface area contributed by atoms with Crippen LogP contribution in [0.15, 0.2) is 12.3 Å². The summed E-state index contributed by atoms with van der Waals surface area (Å²) in [4.78, 5) is 14.8. The van der Waals surface area contributed by atoms with E-state index in [9.17, 15) is 9.18 Å². The lowest BCUT2D eigenvalue weighted by molar-refractivity contribution is -0.130. The minimum absolute atomic E-state index is 0.105. The molecular formula is C10H9FN2O2. The Balaban J connectivity index is 2.67. The fourth-order valence-corrected chi connectivity index (χ4v) is 1.59. The van der Waals surface area contributed by atoms with Crippen LogP contribution in [0.25, 0.3) is 5.57 Å². The smallest absolute Gasteiger partial charge is 0.336 e. The zero-order chi connectivity index (χ0) is 11.0. The summed E-state index contributed by atoms with van der Waals surface area (Å²) in [5.41, 5.74) is 0.753. The number of fused-ring (bicyclic) bond motifs is 1. The first-order valence-electron chi connectivity index (χ1n) is 4.44. The lowest BCUT2D eigenvalue weighted by Crippen LogP contribution is -2.16. The van der Waals surface area contributed by atoms with Gasteiger partial charge in [0, 0.05) is 12.1 Å². The lowest BCUT2D eigenvalue weighted by atomic mass is 9.99. The fourth-order valence-electron chi connectivity index (χ4n) is 1.59. The van der Waals surface area contributed by atoms with Gasteiger partial charge in [-0.1, -0.05) is 6.08 Å². The summed E-state index contributed by atoms with van der Waals surface area (Å²) in [5, 5.41) is 11.9. The van der Waals surface area contributed by atoms with Gasteiger partial charge in [0.2, 0.25) is 0 Å². The Morgan fingerprint density at radius 2 is 2.40 bits per heavy atom. The van der Waals surface area contributed by atoms with E-state index in [1.54, 1.807) is 6.92 Å². The molecule has 0 radical (unpaired) electrons. The molecule has 78 valence electrons. The van der Waals surface area contributed by atoms with Gasteiger partial charge in [0.25, 0.3) is 0 Å². The van der Waals surface area contributed by atoms with E-state index in [1.165, 1.54) is 6.08 Å². The highest BCUT2D eigenvalue weighted by Crippen LogP contribution is 2.29. The highest BCUT2D eigenvalue weighted by Gasteiger charge is 2.22. The van der Waals surface area contributed by atoms with Gasteiger partial charge in [0.05, 0.1) is 11.8 Å². The molecule has 0 amide bonds. The number of nitrogens with zero attached hydrogens (tertiary/aromatic N) is 1. The molecule has 15 heavy (non-hydrogen) atoms. The largest absolute Gasteiger partial charge is 0.478 e. The number of carbonyl (C=O) groups is 1. The molecule has 4 nitrogen and oxygen atoms in total. The summed E-state index contributed by atoms with van der Waals surface area (Å²) in [7, 11) is 0. The molecule has 0 saturated heterocycles. The number of rotatable bonds is 1. The van der Waals surface area contributed by atoms with Crippen LogP contribution in [0, 0.1) is 12.7 Å². The summed E-state index contributed by atoms with van der Waals surface area (Å²) in [5.74, 6) is -1.13. The molecule has 0 unspecified atom stereocenters. The fraction of sp³-hybridized carbons (Fsp3) is 0.200. The molecule has 5 heteroatoms. The van der Waals surface area contributed by atoms with Crippen molar-refractivity contribution in [3.05, 3.63) is 29.2 Å². The monoisotopic (exact) mass is 208 g/mol. The normalized spacial score (nSPS) is 13.9. The van der Waals surface area contributed by atoms with Gasteiger partial charge < -0.3 is 10.4 Å². The van der Waals surface area contributed by atoms with Crippen LogP contribution in [-0.4, -0.2) is 22.6 Å². The molecule has 1 aliphatic rings. The van der Waals surface area contributed by atoms with Gasteiger partial charge in [-0.25, -0.2) is 14.2 Å². The molecule has 0 aliphatic carbocycles. The summed E-state index contributed by atoms with van der Waals surface area (Å²) < 4.78 is 13.2. The summed E-state index contributed by atoms with van der Waals surface area (Å²) in [6, 6.07) is 0. The summed E-state index contributed by atoms with van der Waals surface area (Å²) >= 11 is 0. The molecule has 0 spiro atoms. The average Bonchev–Trinajstić information content (AvgIpc) is 2.23. The number of anilines is 1. The molecule has 2 N–H and O–H groups in total. The number of nitrogens with one attached hydrogen (secondary N) is 1. The third-order valence-electron chi connectivity index (χ3n) is 2.35. The molecule has 0 atom stereocenters. The van der Waals surface area contributed by atoms with E-state index >= 15 is 0 Å². The van der Waals surface area contributed by atoms with Crippen molar-refractivity contribution < 1.29 is 14.3 Å². The van der Waals surface area contributed by atoms with E-state index in [0.717, 1.165) is 6.20 Å². The second-order valence-corrected chi connectivity index (χ2v) is 3.26. The van der Waals surface area contributed by atoms with Crippen LogP contribution in [-0.2, 0) is 4.79 Å². The number of hydrogen-bond donors (Lipinski definition) is 2. The van der Waals surface area contributed by atoms with Gasteiger partial charge in [-0.2, -0.15) is 0 Å². The number of aromatic nitrogens is 1. The molecule has 0 aromatic carbocycles. The van der Waals surface area contributed by atoms with Crippen LogP contribution >= 0.6 is 0 Å². The van der Waals surface area contributed by atoms with Crippen LogP contribution in [0.2, 0.25) is 0 Å². The van der Waals surface area contributed by atoms with Crippen molar-refractivity contribution in [3.63, 3.8) is 0 Å². The third-order valence-corrected chi connectivity index (χ3v) is 2.35. The standard InChI is InChI=1S/C10H9FN2O2/c1-5-7(11)4-13-9-8(5)6(10(14)15)2-3-12-9/h2,4H,3H2,1H3,(H,12,13)(H,14,15). The quantitative estimate of drug-likeness (QED) is 0.732. The van der Waals surface area contributed by atoms with Crippen molar-refractivity contribution in [1.29, 1.82) is 0 Å². The first kappa shape index (κ1) is 9.64. The Morgan fingerprint density at radius 1 is 1.67 bits per heavy atom. The maximum Gasteiger partial charge on any atom is 0.336 e. The summed E-state index contributed by atoms with van der Waals surface area (Å²) in [6.45, 7) is 1.94. The van der Waals surface area contributed by atoms with Crippen molar-refractivity contribution in [2.24, 2.45) is 0 Å². The van der Waals surface area contributed by atoms with Gasteiger partial charge >= 0.3 is 5.97 Å². The number of aliphatic carboxylic acids is 1. The summed E-state index contributed by atoms with van der Waals surface area (Å²) in [6.07, 6.45) is 2.60. The first-order chi connectivity index (χ1) is 7.11. The van der Waals surface area contributed by atoms with Crippen molar-refractivity contribution in [2.45, 2.75) is 6.92 Å². The molecule has 0 saturated carbocycles. The molecule has 0 fully saturated rings. The minimum Gasteiger partial charge on any atom is -0.478 e. The second-order valence-electron chi connectivity index (χ2n) is 3.26. The van der Waals surface area contributed by atoms with Gasteiger partial charge in [-0.15, -0.1) is 0 Å². The second kappa shape index (κ2) is 3.34. The predicted octanol–water partition coefficient (Wildman–Crippen LogP) is 1.42. The number of pyridine rings is 1. The van der Waals surface area contributed by atoms with Crippen LogP contribution in [0.5, 0.6) is 0 Å². The minimum atomic E-state index is -1.06. The van der Waals surface area contributed by atoms with E-state index in [1.807, 2.05) is 0 Å². The number of carboxylic acids is 1. The van der Waals surface area contributed by atoms with Crippen molar-refractivity contribution >= 4 is 17.4 Å². The highest BCUT2D eigenvalue weighted by atomic mass is 19.1. The SMILES string of the molecule is Cc1c(F)cnc2c1C(C(=O)O)=CCN2. The number of hydrogen-bond acceptors (Lipinski definition) is 3. The van der Waals surface area contributed by atoms with Crippen LogP contribution in [0.1, 0.15) is 11.1 Å². The lowest BCUT2D eigenvalue weighted by Gasteiger charge is -2.18. The van der Waals surface area contributed by atoms with E-state index in [-0.39, 0.29) is 5.57 Å². The number of carboxylic acid groups (broad SMARTS) is 1. The molecule has 0 bridgehead atoms. The predicted molar refractivity (Wildman–Crippen MR) is 53.0 cm³/mol. The molecule has 1 aliphatic heterocycles. The van der Waals surface area contributed by atoms with E-state index in [4.69, 9.17) is 5.11 Å². The molecule has 1 aromatic rings. The zero-order valence-corrected chi connectivity index (χ0v) is 8.04. The van der Waals surface area contributed by atoms with Gasteiger partial charge in [-0.3, -0.25) is 0 Å². The zero-order valence-electron chi connectivity index (χ0n) is 8.04. The molecule has 2 rings (SSSR count). The van der Waals surface area contributed by atoms with E-state index in [2.05, 4.69) is 10.3 Å². The average molecular weight is 208 g/mol. The topological polar surface area (TPSA) is 62.2 Å². The Hall–Kier alpha value is -1.91. The van der Waals surface area contributed by atoms with E-state index in [0.29, 0.717) is 23.5 Å². The van der Waals surface area contributed by atoms with Crippen molar-refractivity contribution in [2.75, 3.05) is 11.9 Å². The molecule has 2 heterocycles. The Labute approximate surface area is 85.5 Å². The van der Waals surface area contributed by atoms with Crippen LogP contribution < -0.4 is 5.32 Å². The van der Waals surface area contributed by atoms with E-state index < -0.39 is 11.8 Å². The number of halogens is 1. The van der Waals surface area contributed by atoms with Crippen LogP contribution in [0.3, 0.4) is 0 Å².